The van der Waals surface area contributed by atoms with E-state index < -0.39 is 0 Å². The normalized spacial score (nSPS) is 22.1. The molecule has 1 amide bonds. The van der Waals surface area contributed by atoms with Gasteiger partial charge in [-0.1, -0.05) is 31.5 Å². The number of hydrogen-bond donors (Lipinski definition) is 1. The third kappa shape index (κ3) is 4.14. The number of hydrogen-bond acceptors (Lipinski definition) is 6. The van der Waals surface area contributed by atoms with Crippen LogP contribution in [0.4, 0.5) is 0 Å². The second-order valence-corrected chi connectivity index (χ2v) is 7.54. The van der Waals surface area contributed by atoms with Gasteiger partial charge >= 0.3 is 0 Å². The topological polar surface area (TPSA) is 80.9 Å². The molecule has 2 heterocycles. The van der Waals surface area contributed by atoms with Crippen molar-refractivity contribution in [3.63, 3.8) is 0 Å². The molecule has 0 aliphatic heterocycles. The minimum Gasteiger partial charge on any atom is -0.411 e. The molecular formula is C17H22N4O2S. The molecule has 1 saturated carbocycles. The van der Waals surface area contributed by atoms with Crippen LogP contribution in [0.1, 0.15) is 39.5 Å². The van der Waals surface area contributed by atoms with Gasteiger partial charge in [-0.25, -0.2) is 0 Å². The van der Waals surface area contributed by atoms with Gasteiger partial charge in [0.15, 0.2) is 0 Å². The zero-order valence-electron chi connectivity index (χ0n) is 13.9. The Morgan fingerprint density at radius 3 is 2.96 bits per heavy atom. The zero-order chi connectivity index (χ0) is 16.9. The summed E-state index contributed by atoms with van der Waals surface area (Å²) >= 11 is 1.28. The molecule has 128 valence electrons. The Kier molecular flexibility index (Phi) is 5.50. The third-order valence-corrected chi connectivity index (χ3v) is 5.34. The minimum absolute atomic E-state index is 0.0277. The summed E-state index contributed by atoms with van der Waals surface area (Å²) in [4.78, 5) is 16.4. The Morgan fingerprint density at radius 1 is 1.38 bits per heavy atom. The number of rotatable bonds is 5. The molecule has 0 radical (unpaired) electrons. The molecular weight excluding hydrogens is 324 g/mol. The van der Waals surface area contributed by atoms with Crippen molar-refractivity contribution in [3.05, 3.63) is 24.5 Å². The highest BCUT2D eigenvalue weighted by atomic mass is 32.2. The van der Waals surface area contributed by atoms with E-state index in [4.69, 9.17) is 4.42 Å². The standard InChI is InChI=1S/C17H22N4O2S/c1-11-6-3-4-8-14(11)19-15(22)12(2)24-17-21-20-16(23-17)13-7-5-9-18-10-13/h5,7,9-12,14H,3-4,6,8H2,1-2H3,(H,19,22)/t11-,12+,14+/m0/s1. The molecule has 0 saturated heterocycles. The number of carbonyl (C=O) groups is 1. The fourth-order valence-corrected chi connectivity index (χ4v) is 3.59. The first kappa shape index (κ1) is 17.0. The molecule has 0 aromatic carbocycles. The quantitative estimate of drug-likeness (QED) is 0.837. The Hall–Kier alpha value is -1.89. The van der Waals surface area contributed by atoms with Gasteiger partial charge in [-0.2, -0.15) is 0 Å². The van der Waals surface area contributed by atoms with Gasteiger partial charge in [0.1, 0.15) is 0 Å². The van der Waals surface area contributed by atoms with Crippen molar-refractivity contribution in [2.75, 3.05) is 0 Å². The number of aromatic nitrogens is 3. The number of nitrogens with one attached hydrogen (secondary N) is 1. The summed E-state index contributed by atoms with van der Waals surface area (Å²) in [5.74, 6) is 0.986. The molecule has 2 aromatic heterocycles. The van der Waals surface area contributed by atoms with Crippen molar-refractivity contribution in [1.82, 2.24) is 20.5 Å². The van der Waals surface area contributed by atoms with Gasteiger partial charge in [-0.05, 0) is 37.8 Å². The first-order valence-electron chi connectivity index (χ1n) is 8.34. The SMILES string of the molecule is C[C@@H](Sc1nnc(-c2cccnc2)o1)C(=O)N[C@@H]1CCCC[C@@H]1C. The molecule has 24 heavy (non-hydrogen) atoms. The van der Waals surface area contributed by atoms with E-state index in [2.05, 4.69) is 27.4 Å². The first-order valence-corrected chi connectivity index (χ1v) is 9.22. The van der Waals surface area contributed by atoms with Gasteiger partial charge < -0.3 is 9.73 Å². The summed E-state index contributed by atoms with van der Waals surface area (Å²) < 4.78 is 5.62. The van der Waals surface area contributed by atoms with Crippen molar-refractivity contribution in [3.8, 4) is 11.5 Å². The molecule has 1 aliphatic carbocycles. The molecule has 7 heteroatoms. The van der Waals surface area contributed by atoms with E-state index >= 15 is 0 Å². The smallest absolute Gasteiger partial charge is 0.277 e. The Bertz CT molecular complexity index is 676. The van der Waals surface area contributed by atoms with Crippen LogP contribution in [0.15, 0.2) is 34.2 Å². The molecule has 2 aromatic rings. The summed E-state index contributed by atoms with van der Waals surface area (Å²) in [7, 11) is 0. The van der Waals surface area contributed by atoms with E-state index in [0.717, 1.165) is 12.0 Å². The van der Waals surface area contributed by atoms with Gasteiger partial charge in [0, 0.05) is 18.4 Å². The average Bonchev–Trinajstić information content (AvgIpc) is 3.06. The Labute approximate surface area is 145 Å². The number of pyridine rings is 1. The lowest BCUT2D eigenvalue weighted by Gasteiger charge is -2.30. The lowest BCUT2D eigenvalue weighted by atomic mass is 9.86. The van der Waals surface area contributed by atoms with Crippen molar-refractivity contribution in [2.24, 2.45) is 5.92 Å². The predicted molar refractivity (Wildman–Crippen MR) is 92.4 cm³/mol. The van der Waals surface area contributed by atoms with E-state index in [9.17, 15) is 4.79 Å². The van der Waals surface area contributed by atoms with Crippen molar-refractivity contribution >= 4 is 17.7 Å². The van der Waals surface area contributed by atoms with Crippen LogP contribution in [-0.4, -0.2) is 32.4 Å². The highest BCUT2D eigenvalue weighted by Crippen LogP contribution is 2.27. The van der Waals surface area contributed by atoms with E-state index in [-0.39, 0.29) is 17.2 Å². The van der Waals surface area contributed by atoms with Gasteiger partial charge in [-0.3, -0.25) is 9.78 Å². The number of thioether (sulfide) groups is 1. The number of nitrogens with zero attached hydrogens (tertiary/aromatic N) is 3. The summed E-state index contributed by atoms with van der Waals surface area (Å²) in [6, 6.07) is 3.95. The summed E-state index contributed by atoms with van der Waals surface area (Å²) in [6.07, 6.45) is 8.06. The van der Waals surface area contributed by atoms with Gasteiger partial charge in [0.2, 0.25) is 11.8 Å². The van der Waals surface area contributed by atoms with Crippen LogP contribution in [0.5, 0.6) is 0 Å². The van der Waals surface area contributed by atoms with Crippen molar-refractivity contribution in [1.29, 1.82) is 0 Å². The van der Waals surface area contributed by atoms with Crippen LogP contribution < -0.4 is 5.32 Å². The molecule has 0 bridgehead atoms. The van der Waals surface area contributed by atoms with Crippen LogP contribution in [0.3, 0.4) is 0 Å². The first-order chi connectivity index (χ1) is 11.6. The fraction of sp³-hybridized carbons (Fsp3) is 0.529. The van der Waals surface area contributed by atoms with Gasteiger partial charge in [0.25, 0.3) is 5.22 Å². The molecule has 1 aliphatic rings. The third-order valence-electron chi connectivity index (χ3n) is 4.40. The number of amides is 1. The summed E-state index contributed by atoms with van der Waals surface area (Å²) in [6.45, 7) is 4.07. The molecule has 1 N–H and O–H groups in total. The summed E-state index contributed by atoms with van der Waals surface area (Å²) in [5.41, 5.74) is 0.769. The maximum atomic E-state index is 12.4. The second-order valence-electron chi connectivity index (χ2n) is 6.25. The second kappa shape index (κ2) is 7.79. The average molecular weight is 346 g/mol. The molecule has 0 spiro atoms. The fourth-order valence-electron chi connectivity index (χ4n) is 2.90. The van der Waals surface area contributed by atoms with Crippen LogP contribution in [0, 0.1) is 5.92 Å². The maximum Gasteiger partial charge on any atom is 0.277 e. The van der Waals surface area contributed by atoms with E-state index in [1.54, 1.807) is 12.4 Å². The molecule has 0 unspecified atom stereocenters. The van der Waals surface area contributed by atoms with E-state index in [0.29, 0.717) is 17.0 Å². The maximum absolute atomic E-state index is 12.4. The lowest BCUT2D eigenvalue weighted by Crippen LogP contribution is -2.44. The van der Waals surface area contributed by atoms with Gasteiger partial charge in [0.05, 0.1) is 10.8 Å². The van der Waals surface area contributed by atoms with E-state index in [1.807, 2.05) is 19.1 Å². The molecule has 1 fully saturated rings. The minimum atomic E-state index is -0.277. The molecule has 3 atom stereocenters. The van der Waals surface area contributed by atoms with Gasteiger partial charge in [-0.15, -0.1) is 10.2 Å². The zero-order valence-corrected chi connectivity index (χ0v) is 14.8. The van der Waals surface area contributed by atoms with Crippen molar-refractivity contribution in [2.45, 2.75) is 56.0 Å². The van der Waals surface area contributed by atoms with Crippen LogP contribution in [-0.2, 0) is 4.79 Å². The monoisotopic (exact) mass is 346 g/mol. The highest BCUT2D eigenvalue weighted by Gasteiger charge is 2.26. The van der Waals surface area contributed by atoms with E-state index in [1.165, 1.54) is 31.0 Å². The summed E-state index contributed by atoms with van der Waals surface area (Å²) in [5, 5.41) is 11.3. The van der Waals surface area contributed by atoms with Crippen molar-refractivity contribution < 1.29 is 9.21 Å². The Morgan fingerprint density at radius 2 is 2.21 bits per heavy atom. The molecule has 3 rings (SSSR count). The number of carbonyl (C=O) groups excluding carboxylic acids is 1. The molecule has 6 nitrogen and oxygen atoms in total. The van der Waals surface area contributed by atoms with Crippen LogP contribution >= 0.6 is 11.8 Å². The van der Waals surface area contributed by atoms with Crippen LogP contribution in [0.2, 0.25) is 0 Å². The lowest BCUT2D eigenvalue weighted by molar-refractivity contribution is -0.121. The predicted octanol–water partition coefficient (Wildman–Crippen LogP) is 3.31. The Balaban J connectivity index is 1.57. The highest BCUT2D eigenvalue weighted by molar-refractivity contribution is 8.00. The van der Waals surface area contributed by atoms with Crippen LogP contribution in [0.25, 0.3) is 11.5 Å². The largest absolute Gasteiger partial charge is 0.411 e.